The molecule has 0 saturated carbocycles. The summed E-state index contributed by atoms with van der Waals surface area (Å²) < 4.78 is 6.00. The number of carbonyl (C=O) groups excluding carboxylic acids is 1. The van der Waals surface area contributed by atoms with E-state index in [1.165, 1.54) is 0 Å². The number of anilines is 3. The van der Waals surface area contributed by atoms with Gasteiger partial charge in [0.1, 0.15) is 17.6 Å². The molecule has 0 aromatic heterocycles. The van der Waals surface area contributed by atoms with Crippen molar-refractivity contribution in [2.24, 2.45) is 5.16 Å². The maximum Gasteiger partial charge on any atom is 0.276 e. The van der Waals surface area contributed by atoms with Crippen molar-refractivity contribution in [2.75, 3.05) is 54.8 Å². The monoisotopic (exact) mass is 463 g/mol. The van der Waals surface area contributed by atoms with Crippen LogP contribution >= 0.6 is 0 Å². The number of rotatable bonds is 6. The lowest BCUT2D eigenvalue weighted by Crippen LogP contribution is -2.48. The fourth-order valence-corrected chi connectivity index (χ4v) is 4.95. The predicted molar refractivity (Wildman–Crippen MR) is 135 cm³/mol. The first kappa shape index (κ1) is 22.5. The molecule has 8 nitrogen and oxygen atoms in total. The zero-order valence-corrected chi connectivity index (χ0v) is 19.9. The molecule has 3 aliphatic heterocycles. The van der Waals surface area contributed by atoms with Crippen LogP contribution in [0.3, 0.4) is 0 Å². The fraction of sp³-hybridized carbons (Fsp3) is 0.462. The Balaban J connectivity index is 1.13. The van der Waals surface area contributed by atoms with Crippen molar-refractivity contribution in [3.05, 3.63) is 48.0 Å². The third kappa shape index (κ3) is 4.68. The van der Waals surface area contributed by atoms with Gasteiger partial charge in [-0.3, -0.25) is 9.69 Å². The van der Waals surface area contributed by atoms with Gasteiger partial charge in [-0.1, -0.05) is 23.4 Å². The van der Waals surface area contributed by atoms with Gasteiger partial charge in [0.25, 0.3) is 5.91 Å². The van der Waals surface area contributed by atoms with Crippen LogP contribution in [-0.4, -0.2) is 68.0 Å². The minimum absolute atomic E-state index is 0.0709. The molecule has 2 aromatic rings. The van der Waals surface area contributed by atoms with Gasteiger partial charge in [0, 0.05) is 57.1 Å². The van der Waals surface area contributed by atoms with E-state index in [0.717, 1.165) is 61.8 Å². The molecule has 1 amide bonds. The van der Waals surface area contributed by atoms with Gasteiger partial charge in [0.15, 0.2) is 0 Å². The van der Waals surface area contributed by atoms with Crippen molar-refractivity contribution in [3.8, 4) is 5.75 Å². The molecular weight excluding hydrogens is 430 g/mol. The minimum Gasteiger partial charge on any atom is -0.489 e. The van der Waals surface area contributed by atoms with Crippen molar-refractivity contribution in [3.63, 3.8) is 0 Å². The average Bonchev–Trinajstić information content (AvgIpc) is 3.46. The maximum absolute atomic E-state index is 13.1. The number of nitrogens with zero attached hydrogens (tertiary/aromatic N) is 4. The lowest BCUT2D eigenvalue weighted by atomic mass is 10.1. The van der Waals surface area contributed by atoms with E-state index < -0.39 is 0 Å². The lowest BCUT2D eigenvalue weighted by Gasteiger charge is -2.37. The first-order chi connectivity index (χ1) is 16.5. The number of hydrogen-bond donors (Lipinski definition) is 1. The van der Waals surface area contributed by atoms with Gasteiger partial charge in [0.2, 0.25) is 0 Å². The van der Waals surface area contributed by atoms with Crippen molar-refractivity contribution in [1.82, 2.24) is 4.90 Å². The molecule has 0 aliphatic carbocycles. The Hall–Kier alpha value is -3.26. The highest BCUT2D eigenvalue weighted by molar-refractivity contribution is 6.44. The SMILES string of the molecule is CC(C)Oc1ccccc1N1CCN(CC2CC(C(=O)N3CCc4ccc(N)cc43)=NO2)CC1. The molecule has 8 heteroatoms. The molecule has 34 heavy (non-hydrogen) atoms. The number of carbonyl (C=O) groups is 1. The van der Waals surface area contributed by atoms with Crippen LogP contribution in [0.4, 0.5) is 17.1 Å². The Morgan fingerprint density at radius 2 is 1.91 bits per heavy atom. The third-order valence-corrected chi connectivity index (χ3v) is 6.63. The van der Waals surface area contributed by atoms with Crippen molar-refractivity contribution >= 4 is 28.7 Å². The number of ether oxygens (including phenoxy) is 1. The van der Waals surface area contributed by atoms with E-state index in [1.54, 1.807) is 4.90 Å². The smallest absolute Gasteiger partial charge is 0.276 e. The Morgan fingerprint density at radius 1 is 1.12 bits per heavy atom. The summed E-state index contributed by atoms with van der Waals surface area (Å²) in [5.74, 6) is 0.866. The minimum atomic E-state index is -0.0926. The summed E-state index contributed by atoms with van der Waals surface area (Å²) in [6.45, 7) is 9.22. The number of oxime groups is 1. The molecule has 3 heterocycles. The first-order valence-corrected chi connectivity index (χ1v) is 12.1. The van der Waals surface area contributed by atoms with Crippen LogP contribution in [0.5, 0.6) is 5.75 Å². The van der Waals surface area contributed by atoms with Crippen LogP contribution in [0, 0.1) is 0 Å². The average molecular weight is 464 g/mol. The highest BCUT2D eigenvalue weighted by atomic mass is 16.6. The Kier molecular flexibility index (Phi) is 6.32. The highest BCUT2D eigenvalue weighted by Crippen LogP contribution is 2.32. The zero-order valence-electron chi connectivity index (χ0n) is 19.9. The van der Waals surface area contributed by atoms with Crippen molar-refractivity contribution < 1.29 is 14.4 Å². The van der Waals surface area contributed by atoms with Crippen LogP contribution in [0.25, 0.3) is 0 Å². The molecule has 5 rings (SSSR count). The zero-order chi connectivity index (χ0) is 23.7. The summed E-state index contributed by atoms with van der Waals surface area (Å²) in [4.78, 5) is 25.3. The molecule has 3 aliphatic rings. The van der Waals surface area contributed by atoms with E-state index in [2.05, 4.69) is 40.9 Å². The topological polar surface area (TPSA) is 83.6 Å². The summed E-state index contributed by atoms with van der Waals surface area (Å²) in [6, 6.07) is 14.0. The summed E-state index contributed by atoms with van der Waals surface area (Å²) in [7, 11) is 0. The van der Waals surface area contributed by atoms with Crippen LogP contribution in [-0.2, 0) is 16.1 Å². The normalized spacial score (nSPS) is 20.3. The van der Waals surface area contributed by atoms with Crippen molar-refractivity contribution in [1.29, 1.82) is 0 Å². The number of para-hydroxylation sites is 2. The van der Waals surface area contributed by atoms with E-state index in [4.69, 9.17) is 15.3 Å². The number of piperazine rings is 1. The summed E-state index contributed by atoms with van der Waals surface area (Å²) in [5.41, 5.74) is 10.3. The predicted octanol–water partition coefficient (Wildman–Crippen LogP) is 2.91. The molecule has 1 saturated heterocycles. The number of nitrogens with two attached hydrogens (primary N) is 1. The Labute approximate surface area is 200 Å². The summed E-state index contributed by atoms with van der Waals surface area (Å²) in [6.07, 6.45) is 1.43. The Morgan fingerprint density at radius 3 is 2.71 bits per heavy atom. The van der Waals surface area contributed by atoms with Crippen LogP contribution in [0.1, 0.15) is 25.8 Å². The van der Waals surface area contributed by atoms with E-state index in [1.807, 2.05) is 30.3 Å². The van der Waals surface area contributed by atoms with E-state index in [-0.39, 0.29) is 18.1 Å². The summed E-state index contributed by atoms with van der Waals surface area (Å²) >= 11 is 0. The standard InChI is InChI=1S/C26H33N5O3/c1-18(2)33-25-6-4-3-5-23(25)30-13-11-29(12-14-30)17-21-16-22(28-34-21)26(32)31-10-9-19-7-8-20(27)15-24(19)31/h3-8,15,18,21H,9-14,16-17,27H2,1-2H3. The van der Waals surface area contributed by atoms with Gasteiger partial charge < -0.3 is 25.1 Å². The number of amides is 1. The molecule has 2 N–H and O–H groups in total. The molecule has 1 fully saturated rings. The van der Waals surface area contributed by atoms with Gasteiger partial charge >= 0.3 is 0 Å². The number of hydrogen-bond acceptors (Lipinski definition) is 7. The molecule has 0 bridgehead atoms. The van der Waals surface area contributed by atoms with Gasteiger partial charge in [-0.05, 0) is 50.1 Å². The van der Waals surface area contributed by atoms with Crippen LogP contribution in [0.2, 0.25) is 0 Å². The van der Waals surface area contributed by atoms with Crippen molar-refractivity contribution in [2.45, 2.75) is 38.9 Å². The van der Waals surface area contributed by atoms with E-state index in [0.29, 0.717) is 24.4 Å². The van der Waals surface area contributed by atoms with Crippen LogP contribution < -0.4 is 20.3 Å². The second kappa shape index (κ2) is 9.54. The molecule has 2 aromatic carbocycles. The first-order valence-electron chi connectivity index (χ1n) is 12.1. The van der Waals surface area contributed by atoms with Gasteiger partial charge in [-0.25, -0.2) is 0 Å². The molecular formula is C26H33N5O3. The fourth-order valence-electron chi connectivity index (χ4n) is 4.95. The number of fused-ring (bicyclic) bond motifs is 1. The number of benzene rings is 2. The van der Waals surface area contributed by atoms with E-state index >= 15 is 0 Å². The lowest BCUT2D eigenvalue weighted by molar-refractivity contribution is -0.112. The quantitative estimate of drug-likeness (QED) is 0.664. The maximum atomic E-state index is 13.1. The highest BCUT2D eigenvalue weighted by Gasteiger charge is 2.34. The van der Waals surface area contributed by atoms with Gasteiger partial charge in [-0.15, -0.1) is 0 Å². The van der Waals surface area contributed by atoms with E-state index in [9.17, 15) is 4.79 Å². The Bertz CT molecular complexity index is 1080. The largest absolute Gasteiger partial charge is 0.489 e. The molecule has 1 atom stereocenters. The molecule has 0 spiro atoms. The third-order valence-electron chi connectivity index (χ3n) is 6.63. The second-order valence-electron chi connectivity index (χ2n) is 9.49. The van der Waals surface area contributed by atoms with Gasteiger partial charge in [0.05, 0.1) is 11.8 Å². The van der Waals surface area contributed by atoms with Crippen LogP contribution in [0.15, 0.2) is 47.6 Å². The number of nitrogen functional groups attached to an aromatic ring is 1. The second-order valence-corrected chi connectivity index (χ2v) is 9.49. The summed E-state index contributed by atoms with van der Waals surface area (Å²) in [5, 5.41) is 4.16. The molecule has 180 valence electrons. The molecule has 1 unspecified atom stereocenters. The van der Waals surface area contributed by atoms with Gasteiger partial charge in [-0.2, -0.15) is 0 Å². The molecule has 0 radical (unpaired) electrons.